The first-order valence-corrected chi connectivity index (χ1v) is 7.02. The molecule has 0 aliphatic carbocycles. The third-order valence-corrected chi connectivity index (χ3v) is 4.04. The first kappa shape index (κ1) is 14.3. The van der Waals surface area contributed by atoms with Gasteiger partial charge >= 0.3 is 0 Å². The Balaban J connectivity index is 1.98. The van der Waals surface area contributed by atoms with Crippen molar-refractivity contribution in [2.75, 3.05) is 13.1 Å². The average Bonchev–Trinajstić information content (AvgIpc) is 2.38. The summed E-state index contributed by atoms with van der Waals surface area (Å²) < 4.78 is 0. The predicted molar refractivity (Wildman–Crippen MR) is 75.1 cm³/mol. The van der Waals surface area contributed by atoms with E-state index in [1.165, 1.54) is 12.4 Å². The molecule has 0 atom stereocenters. The van der Waals surface area contributed by atoms with Crippen LogP contribution in [0.2, 0.25) is 5.15 Å². The molecule has 19 heavy (non-hydrogen) atoms. The molecule has 1 fully saturated rings. The molecule has 1 aliphatic rings. The first-order valence-electron chi connectivity index (χ1n) is 6.65. The van der Waals surface area contributed by atoms with E-state index in [4.69, 9.17) is 11.6 Å². The summed E-state index contributed by atoms with van der Waals surface area (Å²) in [5, 5.41) is 0.308. The summed E-state index contributed by atoms with van der Waals surface area (Å²) in [5.74, 6) is 0.629. The van der Waals surface area contributed by atoms with Gasteiger partial charge in [0, 0.05) is 13.1 Å². The zero-order valence-corrected chi connectivity index (χ0v) is 12.4. The molecule has 1 aliphatic heterocycles. The van der Waals surface area contributed by atoms with Gasteiger partial charge in [-0.1, -0.05) is 32.4 Å². The van der Waals surface area contributed by atoms with Crippen LogP contribution in [0.3, 0.4) is 0 Å². The summed E-state index contributed by atoms with van der Waals surface area (Å²) in [7, 11) is 0. The number of piperidine rings is 1. The lowest BCUT2D eigenvalue weighted by Gasteiger charge is -2.38. The summed E-state index contributed by atoms with van der Waals surface area (Å²) in [6.45, 7) is 8.38. The van der Waals surface area contributed by atoms with E-state index in [-0.39, 0.29) is 5.91 Å². The Kier molecular flexibility index (Phi) is 4.09. The van der Waals surface area contributed by atoms with Gasteiger partial charge in [0.1, 0.15) is 10.8 Å². The van der Waals surface area contributed by atoms with Crippen molar-refractivity contribution in [1.82, 2.24) is 14.9 Å². The molecule has 0 spiro atoms. The number of halogens is 1. The van der Waals surface area contributed by atoms with Gasteiger partial charge in [0.25, 0.3) is 5.91 Å². The normalized spacial score (nSPS) is 17.6. The van der Waals surface area contributed by atoms with E-state index in [2.05, 4.69) is 30.7 Å². The van der Waals surface area contributed by atoms with E-state index in [1.807, 2.05) is 4.90 Å². The van der Waals surface area contributed by atoms with Gasteiger partial charge in [-0.15, -0.1) is 0 Å². The highest BCUT2D eigenvalue weighted by molar-refractivity contribution is 6.29. The maximum Gasteiger partial charge on any atom is 0.274 e. The minimum atomic E-state index is -0.0449. The lowest BCUT2D eigenvalue weighted by Crippen LogP contribution is -2.41. The molecule has 0 N–H and O–H groups in total. The molecule has 1 aromatic rings. The van der Waals surface area contributed by atoms with Gasteiger partial charge in [-0.2, -0.15) is 0 Å². The van der Waals surface area contributed by atoms with Crippen LogP contribution >= 0.6 is 11.6 Å². The lowest BCUT2D eigenvalue weighted by atomic mass is 9.75. The Morgan fingerprint density at radius 3 is 2.37 bits per heavy atom. The second-order valence-electron chi connectivity index (χ2n) is 6.16. The molecule has 0 aromatic carbocycles. The first-order chi connectivity index (χ1) is 8.88. The molecule has 0 radical (unpaired) electrons. The molecule has 1 saturated heterocycles. The zero-order chi connectivity index (χ0) is 14.0. The Morgan fingerprint density at radius 2 is 1.89 bits per heavy atom. The fourth-order valence-electron chi connectivity index (χ4n) is 2.53. The monoisotopic (exact) mass is 281 g/mol. The summed E-state index contributed by atoms with van der Waals surface area (Å²) >= 11 is 5.67. The predicted octanol–water partition coefficient (Wildman–Crippen LogP) is 3.03. The van der Waals surface area contributed by atoms with E-state index >= 15 is 0 Å². The molecule has 0 bridgehead atoms. The van der Waals surface area contributed by atoms with Crippen molar-refractivity contribution in [3.63, 3.8) is 0 Å². The van der Waals surface area contributed by atoms with Gasteiger partial charge in [-0.05, 0) is 24.2 Å². The quantitative estimate of drug-likeness (QED) is 0.795. The number of nitrogens with zero attached hydrogens (tertiary/aromatic N) is 3. The van der Waals surface area contributed by atoms with Crippen molar-refractivity contribution in [2.45, 2.75) is 33.6 Å². The van der Waals surface area contributed by atoms with Crippen LogP contribution in [0, 0.1) is 11.3 Å². The van der Waals surface area contributed by atoms with Gasteiger partial charge in [-0.25, -0.2) is 9.97 Å². The molecule has 4 nitrogen and oxygen atoms in total. The number of amides is 1. The highest BCUT2D eigenvalue weighted by Gasteiger charge is 2.30. The average molecular weight is 282 g/mol. The molecule has 1 amide bonds. The zero-order valence-electron chi connectivity index (χ0n) is 11.7. The number of hydrogen-bond donors (Lipinski definition) is 0. The van der Waals surface area contributed by atoms with Gasteiger partial charge in [0.15, 0.2) is 0 Å². The Labute approximate surface area is 119 Å². The van der Waals surface area contributed by atoms with Crippen LogP contribution in [0.5, 0.6) is 0 Å². The van der Waals surface area contributed by atoms with Crippen molar-refractivity contribution >= 4 is 17.5 Å². The van der Waals surface area contributed by atoms with E-state index < -0.39 is 0 Å². The minimum absolute atomic E-state index is 0.0449. The van der Waals surface area contributed by atoms with Gasteiger partial charge in [0.05, 0.1) is 12.4 Å². The minimum Gasteiger partial charge on any atom is -0.337 e. The van der Waals surface area contributed by atoms with E-state index in [9.17, 15) is 4.79 Å². The molecule has 104 valence electrons. The van der Waals surface area contributed by atoms with Gasteiger partial charge in [0.2, 0.25) is 0 Å². The Hall–Kier alpha value is -1.16. The molecular weight excluding hydrogens is 262 g/mol. The van der Waals surface area contributed by atoms with Crippen molar-refractivity contribution < 1.29 is 4.79 Å². The highest BCUT2D eigenvalue weighted by Crippen LogP contribution is 2.34. The van der Waals surface area contributed by atoms with Crippen LogP contribution in [-0.2, 0) is 0 Å². The van der Waals surface area contributed by atoms with Crippen molar-refractivity contribution in [3.8, 4) is 0 Å². The van der Waals surface area contributed by atoms with Crippen molar-refractivity contribution in [1.29, 1.82) is 0 Å². The van der Waals surface area contributed by atoms with Crippen molar-refractivity contribution in [3.05, 3.63) is 23.2 Å². The number of hydrogen-bond acceptors (Lipinski definition) is 3. The topological polar surface area (TPSA) is 46.1 Å². The fourth-order valence-corrected chi connectivity index (χ4v) is 2.63. The largest absolute Gasteiger partial charge is 0.337 e. The van der Waals surface area contributed by atoms with E-state index in [1.54, 1.807) is 0 Å². The summed E-state index contributed by atoms with van der Waals surface area (Å²) in [6.07, 6.45) is 4.96. The third kappa shape index (κ3) is 3.44. The van der Waals surface area contributed by atoms with Crippen LogP contribution < -0.4 is 0 Å². The molecule has 0 unspecified atom stereocenters. The molecule has 1 aromatic heterocycles. The molecular formula is C14H20ClN3O. The van der Waals surface area contributed by atoms with E-state index in [0.717, 1.165) is 25.9 Å². The summed E-state index contributed by atoms with van der Waals surface area (Å²) in [4.78, 5) is 22.0. The summed E-state index contributed by atoms with van der Waals surface area (Å²) in [5.41, 5.74) is 0.688. The van der Waals surface area contributed by atoms with Crippen LogP contribution in [0.25, 0.3) is 0 Å². The van der Waals surface area contributed by atoms with Crippen LogP contribution in [0.1, 0.15) is 44.1 Å². The number of likely N-dealkylation sites (tertiary alicyclic amines) is 1. The number of carbonyl (C=O) groups is 1. The second kappa shape index (κ2) is 5.45. The Bertz CT molecular complexity index is 445. The number of aromatic nitrogens is 2. The smallest absolute Gasteiger partial charge is 0.274 e. The molecule has 2 heterocycles. The van der Waals surface area contributed by atoms with Crippen molar-refractivity contribution in [2.24, 2.45) is 11.3 Å². The number of rotatable bonds is 1. The van der Waals surface area contributed by atoms with E-state index in [0.29, 0.717) is 22.2 Å². The van der Waals surface area contributed by atoms with Crippen LogP contribution in [0.4, 0.5) is 0 Å². The molecule has 2 rings (SSSR count). The van der Waals surface area contributed by atoms with Crippen LogP contribution in [0.15, 0.2) is 12.4 Å². The maximum atomic E-state index is 12.2. The molecule has 0 saturated carbocycles. The Morgan fingerprint density at radius 1 is 1.26 bits per heavy atom. The second-order valence-corrected chi connectivity index (χ2v) is 6.54. The van der Waals surface area contributed by atoms with Crippen LogP contribution in [-0.4, -0.2) is 33.9 Å². The van der Waals surface area contributed by atoms with Gasteiger partial charge < -0.3 is 4.90 Å². The van der Waals surface area contributed by atoms with Gasteiger partial charge in [-0.3, -0.25) is 4.79 Å². The molecule has 5 heteroatoms. The SMILES string of the molecule is CC(C)(C)C1CCN(C(=O)c2cnc(Cl)cn2)CC1. The maximum absolute atomic E-state index is 12.2. The third-order valence-electron chi connectivity index (χ3n) is 3.85. The number of carbonyl (C=O) groups excluding carboxylic acids is 1. The highest BCUT2D eigenvalue weighted by atomic mass is 35.5. The summed E-state index contributed by atoms with van der Waals surface area (Å²) in [6, 6.07) is 0. The fraction of sp³-hybridized carbons (Fsp3) is 0.643. The lowest BCUT2D eigenvalue weighted by molar-refractivity contribution is 0.0602. The standard InChI is InChI=1S/C14H20ClN3O/c1-14(2,3)10-4-6-18(7-5-10)13(19)11-8-17-12(15)9-16-11/h8-10H,4-7H2,1-3H3.